The van der Waals surface area contributed by atoms with Gasteiger partial charge >= 0.3 is 0 Å². The molecule has 3 aliphatic rings. The summed E-state index contributed by atoms with van der Waals surface area (Å²) < 4.78 is 26.6. The number of piperidine rings is 1. The second-order valence-corrected chi connectivity index (χ2v) is 9.80. The Morgan fingerprint density at radius 3 is 2.64 bits per heavy atom. The van der Waals surface area contributed by atoms with Gasteiger partial charge in [0.2, 0.25) is 5.91 Å². The molecule has 0 bridgehead atoms. The van der Waals surface area contributed by atoms with Gasteiger partial charge in [-0.3, -0.25) is 4.79 Å². The van der Waals surface area contributed by atoms with E-state index in [-0.39, 0.29) is 17.4 Å². The standard InChI is InChI=1S/C28H30F2N2O/c29-23-15-20(16-24(30)18-23)6-8-27(33)31-25-7-5-21(17-25)19-32-13-11-28(12-14-32)10-9-22-3-1-2-4-26(22)28/h1-4,6,8-10,15-16,18,21,25H,5,7,11-14,17,19H2,(H,31,33)/b8-6+/t21-,25+/m1/s1. The predicted octanol–water partition coefficient (Wildman–Crippen LogP) is 5.32. The molecule has 1 N–H and O–H groups in total. The zero-order valence-corrected chi connectivity index (χ0v) is 18.8. The maximum Gasteiger partial charge on any atom is 0.244 e. The molecule has 1 heterocycles. The number of likely N-dealkylation sites (tertiary alicyclic amines) is 1. The quantitative estimate of drug-likeness (QED) is 0.628. The van der Waals surface area contributed by atoms with Crippen LogP contribution in [0.3, 0.4) is 0 Å². The Morgan fingerprint density at radius 2 is 1.85 bits per heavy atom. The van der Waals surface area contributed by atoms with Crippen molar-refractivity contribution < 1.29 is 13.6 Å². The van der Waals surface area contributed by atoms with Gasteiger partial charge in [-0.25, -0.2) is 8.78 Å². The molecular formula is C28H30F2N2O. The summed E-state index contributed by atoms with van der Waals surface area (Å²) in [5, 5.41) is 3.06. The van der Waals surface area contributed by atoms with Crippen LogP contribution in [0.5, 0.6) is 0 Å². The summed E-state index contributed by atoms with van der Waals surface area (Å²) in [7, 11) is 0. The van der Waals surface area contributed by atoms with Crippen LogP contribution in [0.1, 0.15) is 48.8 Å². The molecule has 3 nitrogen and oxygen atoms in total. The number of halogens is 2. The lowest BCUT2D eigenvalue weighted by molar-refractivity contribution is -0.117. The maximum absolute atomic E-state index is 13.3. The highest BCUT2D eigenvalue weighted by Gasteiger charge is 2.38. The number of fused-ring (bicyclic) bond motifs is 2. The summed E-state index contributed by atoms with van der Waals surface area (Å²) in [6.07, 6.45) is 12.9. The van der Waals surface area contributed by atoms with Crippen molar-refractivity contribution in [3.8, 4) is 0 Å². The summed E-state index contributed by atoms with van der Waals surface area (Å²) in [6, 6.07) is 12.2. The molecule has 33 heavy (non-hydrogen) atoms. The summed E-state index contributed by atoms with van der Waals surface area (Å²) >= 11 is 0. The molecule has 2 fully saturated rings. The van der Waals surface area contributed by atoms with E-state index in [4.69, 9.17) is 0 Å². The number of hydrogen-bond acceptors (Lipinski definition) is 2. The lowest BCUT2D eigenvalue weighted by atomic mass is 9.74. The molecule has 1 saturated heterocycles. The predicted molar refractivity (Wildman–Crippen MR) is 127 cm³/mol. The molecule has 2 aliphatic carbocycles. The van der Waals surface area contributed by atoms with Crippen molar-refractivity contribution in [3.05, 3.63) is 82.9 Å². The van der Waals surface area contributed by atoms with E-state index < -0.39 is 11.6 Å². The first-order valence-corrected chi connectivity index (χ1v) is 11.9. The normalized spacial score (nSPS) is 23.9. The van der Waals surface area contributed by atoms with Crippen LogP contribution < -0.4 is 5.32 Å². The van der Waals surface area contributed by atoms with Crippen LogP contribution in [0.25, 0.3) is 12.2 Å². The lowest BCUT2D eigenvalue weighted by Gasteiger charge is -2.40. The number of allylic oxidation sites excluding steroid dienone is 1. The van der Waals surface area contributed by atoms with Gasteiger partial charge < -0.3 is 10.2 Å². The fourth-order valence-electron chi connectivity index (χ4n) is 5.84. The molecule has 0 radical (unpaired) electrons. The van der Waals surface area contributed by atoms with Crippen LogP contribution in [-0.2, 0) is 10.2 Å². The molecule has 0 aromatic heterocycles. The minimum Gasteiger partial charge on any atom is -0.350 e. The molecule has 0 unspecified atom stereocenters. The molecule has 5 rings (SSSR count). The van der Waals surface area contributed by atoms with Crippen LogP contribution >= 0.6 is 0 Å². The van der Waals surface area contributed by atoms with Crippen LogP contribution in [0.4, 0.5) is 8.78 Å². The Morgan fingerprint density at radius 1 is 1.09 bits per heavy atom. The molecule has 1 saturated carbocycles. The average molecular weight is 449 g/mol. The number of rotatable bonds is 5. The molecule has 2 aromatic rings. The highest BCUT2D eigenvalue weighted by atomic mass is 19.1. The fourth-order valence-corrected chi connectivity index (χ4v) is 5.84. The summed E-state index contributed by atoms with van der Waals surface area (Å²) in [5.41, 5.74) is 3.42. The van der Waals surface area contributed by atoms with Crippen molar-refractivity contribution >= 4 is 18.1 Å². The number of benzene rings is 2. The highest BCUT2D eigenvalue weighted by Crippen LogP contribution is 2.44. The van der Waals surface area contributed by atoms with Gasteiger partial charge in [-0.05, 0) is 86.0 Å². The number of nitrogens with one attached hydrogen (secondary N) is 1. The average Bonchev–Trinajstić information content (AvgIpc) is 3.38. The van der Waals surface area contributed by atoms with Crippen molar-refractivity contribution in [2.45, 2.75) is 43.6 Å². The third kappa shape index (κ3) is 4.93. The van der Waals surface area contributed by atoms with Gasteiger partial charge in [-0.15, -0.1) is 0 Å². The van der Waals surface area contributed by atoms with Gasteiger partial charge in [-0.1, -0.05) is 36.4 Å². The Balaban J connectivity index is 1.08. The van der Waals surface area contributed by atoms with E-state index in [0.29, 0.717) is 11.5 Å². The van der Waals surface area contributed by atoms with E-state index in [1.54, 1.807) is 0 Å². The van der Waals surface area contributed by atoms with Crippen LogP contribution in [0.15, 0.2) is 54.6 Å². The zero-order chi connectivity index (χ0) is 22.8. The third-order valence-corrected chi connectivity index (χ3v) is 7.54. The molecule has 172 valence electrons. The van der Waals surface area contributed by atoms with Gasteiger partial charge in [0, 0.05) is 30.1 Å². The van der Waals surface area contributed by atoms with Crippen molar-refractivity contribution in [1.29, 1.82) is 0 Å². The van der Waals surface area contributed by atoms with E-state index >= 15 is 0 Å². The summed E-state index contributed by atoms with van der Waals surface area (Å²) in [6.45, 7) is 3.31. The summed E-state index contributed by atoms with van der Waals surface area (Å²) in [4.78, 5) is 14.9. The molecule has 1 amide bonds. The number of hydrogen-bond donors (Lipinski definition) is 1. The van der Waals surface area contributed by atoms with E-state index in [1.807, 2.05) is 0 Å². The first-order valence-electron chi connectivity index (χ1n) is 11.9. The van der Waals surface area contributed by atoms with E-state index in [0.717, 1.165) is 45.0 Å². The zero-order valence-electron chi connectivity index (χ0n) is 18.8. The van der Waals surface area contributed by atoms with E-state index in [1.165, 1.54) is 48.3 Å². The number of carbonyl (C=O) groups is 1. The van der Waals surface area contributed by atoms with E-state index in [2.05, 4.69) is 46.6 Å². The Bertz CT molecular complexity index is 1060. The maximum atomic E-state index is 13.3. The topological polar surface area (TPSA) is 32.3 Å². The second kappa shape index (κ2) is 9.22. The van der Waals surface area contributed by atoms with Crippen molar-refractivity contribution in [2.75, 3.05) is 19.6 Å². The molecule has 5 heteroatoms. The first-order chi connectivity index (χ1) is 16.0. The molecule has 1 aliphatic heterocycles. The van der Waals surface area contributed by atoms with Gasteiger partial charge in [0.1, 0.15) is 11.6 Å². The third-order valence-electron chi connectivity index (χ3n) is 7.54. The smallest absolute Gasteiger partial charge is 0.244 e. The van der Waals surface area contributed by atoms with Crippen molar-refractivity contribution in [2.24, 2.45) is 5.92 Å². The minimum absolute atomic E-state index is 0.164. The number of carbonyl (C=O) groups excluding carboxylic acids is 1. The van der Waals surface area contributed by atoms with Gasteiger partial charge in [0.25, 0.3) is 0 Å². The van der Waals surface area contributed by atoms with Gasteiger partial charge in [0.05, 0.1) is 0 Å². The fraction of sp³-hybridized carbons (Fsp3) is 0.393. The molecule has 2 aromatic carbocycles. The molecule has 1 spiro atoms. The number of nitrogens with zero attached hydrogens (tertiary/aromatic N) is 1. The largest absolute Gasteiger partial charge is 0.350 e. The van der Waals surface area contributed by atoms with Crippen LogP contribution in [0.2, 0.25) is 0 Å². The van der Waals surface area contributed by atoms with Crippen LogP contribution in [0, 0.1) is 17.6 Å². The molecular weight excluding hydrogens is 418 g/mol. The summed E-state index contributed by atoms with van der Waals surface area (Å²) in [5.74, 6) is -0.912. The molecule has 2 atom stereocenters. The van der Waals surface area contributed by atoms with Gasteiger partial charge in [-0.2, -0.15) is 0 Å². The monoisotopic (exact) mass is 448 g/mol. The Hall–Kier alpha value is -2.79. The number of amides is 1. The van der Waals surface area contributed by atoms with Gasteiger partial charge in [0.15, 0.2) is 0 Å². The SMILES string of the molecule is O=C(/C=C/c1cc(F)cc(F)c1)N[C@H]1CC[C@@H](CN2CCC3(C=Cc4ccccc43)CC2)C1. The minimum atomic E-state index is -0.648. The highest BCUT2D eigenvalue weighted by molar-refractivity contribution is 5.91. The Labute approximate surface area is 194 Å². The van der Waals surface area contributed by atoms with Crippen molar-refractivity contribution in [3.63, 3.8) is 0 Å². The lowest BCUT2D eigenvalue weighted by Crippen LogP contribution is -2.42. The van der Waals surface area contributed by atoms with Crippen molar-refractivity contribution in [1.82, 2.24) is 10.2 Å². The van der Waals surface area contributed by atoms with Crippen LogP contribution in [-0.4, -0.2) is 36.5 Å². The second-order valence-electron chi connectivity index (χ2n) is 9.80. The first kappa shape index (κ1) is 22.0. The Kier molecular flexibility index (Phi) is 6.15. The van der Waals surface area contributed by atoms with E-state index in [9.17, 15) is 13.6 Å².